The highest BCUT2D eigenvalue weighted by molar-refractivity contribution is 5.81. The molecular weight excluding hydrogens is 290 g/mol. The smallest absolute Gasteiger partial charge is 0.252 e. The van der Waals surface area contributed by atoms with Gasteiger partial charge in [0.05, 0.1) is 7.11 Å². The molecule has 2 aromatic carbocycles. The first kappa shape index (κ1) is 15.6. The van der Waals surface area contributed by atoms with Gasteiger partial charge in [-0.3, -0.25) is 4.79 Å². The SMILES string of the molecule is COc1cccc2c1CN(C(=O)[C@@H](O)Cc1ccccc1)CC2. The first-order valence-corrected chi connectivity index (χ1v) is 7.84. The third kappa shape index (κ3) is 3.37. The topological polar surface area (TPSA) is 49.8 Å². The van der Waals surface area contributed by atoms with Gasteiger partial charge in [0.25, 0.3) is 5.91 Å². The van der Waals surface area contributed by atoms with Crippen molar-refractivity contribution in [3.05, 3.63) is 65.2 Å². The van der Waals surface area contributed by atoms with Gasteiger partial charge in [-0.1, -0.05) is 42.5 Å². The number of ether oxygens (including phenoxy) is 1. The zero-order valence-corrected chi connectivity index (χ0v) is 13.2. The summed E-state index contributed by atoms with van der Waals surface area (Å²) in [7, 11) is 1.64. The van der Waals surface area contributed by atoms with E-state index in [0.717, 1.165) is 23.3 Å². The molecule has 4 nitrogen and oxygen atoms in total. The van der Waals surface area contributed by atoms with E-state index in [0.29, 0.717) is 19.5 Å². The number of amides is 1. The number of fused-ring (bicyclic) bond motifs is 1. The number of aliphatic hydroxyl groups is 1. The highest BCUT2D eigenvalue weighted by Crippen LogP contribution is 2.28. The van der Waals surface area contributed by atoms with Crippen molar-refractivity contribution in [1.29, 1.82) is 0 Å². The zero-order valence-electron chi connectivity index (χ0n) is 13.2. The van der Waals surface area contributed by atoms with Gasteiger partial charge in [-0.2, -0.15) is 0 Å². The van der Waals surface area contributed by atoms with Crippen molar-refractivity contribution in [2.75, 3.05) is 13.7 Å². The molecule has 1 aliphatic heterocycles. The second-order valence-corrected chi connectivity index (χ2v) is 5.81. The van der Waals surface area contributed by atoms with E-state index in [2.05, 4.69) is 6.07 Å². The van der Waals surface area contributed by atoms with Crippen LogP contribution in [0.5, 0.6) is 5.75 Å². The van der Waals surface area contributed by atoms with Gasteiger partial charge in [-0.25, -0.2) is 0 Å². The Morgan fingerprint density at radius 3 is 2.74 bits per heavy atom. The largest absolute Gasteiger partial charge is 0.496 e. The summed E-state index contributed by atoms with van der Waals surface area (Å²) in [5.74, 6) is 0.586. The molecule has 0 saturated carbocycles. The van der Waals surface area contributed by atoms with Crippen LogP contribution in [-0.2, 0) is 24.2 Å². The highest BCUT2D eigenvalue weighted by Gasteiger charge is 2.27. The zero-order chi connectivity index (χ0) is 16.2. The molecule has 0 unspecified atom stereocenters. The quantitative estimate of drug-likeness (QED) is 0.941. The molecule has 1 N–H and O–H groups in total. The summed E-state index contributed by atoms with van der Waals surface area (Å²) in [6.07, 6.45) is 0.124. The standard InChI is InChI=1S/C19H21NO3/c1-23-18-9-5-8-15-10-11-20(13-16(15)18)19(22)17(21)12-14-6-3-2-4-7-14/h2-9,17,21H,10-13H2,1H3/t17-/m0/s1. The van der Waals surface area contributed by atoms with Crippen LogP contribution in [0.1, 0.15) is 16.7 Å². The number of rotatable bonds is 4. The van der Waals surface area contributed by atoms with Gasteiger partial charge in [-0.15, -0.1) is 0 Å². The molecule has 1 atom stereocenters. The Balaban J connectivity index is 1.71. The Labute approximate surface area is 136 Å². The van der Waals surface area contributed by atoms with Gasteiger partial charge in [0, 0.05) is 25.1 Å². The summed E-state index contributed by atoms with van der Waals surface area (Å²) in [6.45, 7) is 1.12. The second-order valence-electron chi connectivity index (χ2n) is 5.81. The van der Waals surface area contributed by atoms with Crippen LogP contribution in [0.15, 0.2) is 48.5 Å². The maximum atomic E-state index is 12.5. The molecular formula is C19H21NO3. The van der Waals surface area contributed by atoms with E-state index in [1.807, 2.05) is 42.5 Å². The van der Waals surface area contributed by atoms with Crippen LogP contribution >= 0.6 is 0 Å². The van der Waals surface area contributed by atoms with Crippen molar-refractivity contribution in [3.8, 4) is 5.75 Å². The van der Waals surface area contributed by atoms with Crippen LogP contribution in [0.3, 0.4) is 0 Å². The third-order valence-corrected chi connectivity index (χ3v) is 4.32. The van der Waals surface area contributed by atoms with E-state index in [4.69, 9.17) is 4.74 Å². The molecule has 23 heavy (non-hydrogen) atoms. The Kier molecular flexibility index (Phi) is 4.63. The van der Waals surface area contributed by atoms with Gasteiger partial charge in [0.1, 0.15) is 11.9 Å². The van der Waals surface area contributed by atoms with Gasteiger partial charge in [-0.05, 0) is 23.6 Å². The molecule has 1 amide bonds. The molecule has 0 spiro atoms. The van der Waals surface area contributed by atoms with Crippen LogP contribution < -0.4 is 4.74 Å². The average molecular weight is 311 g/mol. The molecule has 2 aromatic rings. The molecule has 0 saturated heterocycles. The Bertz CT molecular complexity index is 670. The molecule has 1 heterocycles. The molecule has 0 aromatic heterocycles. The fourth-order valence-corrected chi connectivity index (χ4v) is 3.06. The van der Waals surface area contributed by atoms with Crippen molar-refractivity contribution >= 4 is 5.91 Å². The highest BCUT2D eigenvalue weighted by atomic mass is 16.5. The number of carbonyl (C=O) groups excluding carboxylic acids is 1. The minimum Gasteiger partial charge on any atom is -0.496 e. The second kappa shape index (κ2) is 6.84. The number of carbonyl (C=O) groups is 1. The van der Waals surface area contributed by atoms with E-state index in [-0.39, 0.29) is 5.91 Å². The van der Waals surface area contributed by atoms with Gasteiger partial charge < -0.3 is 14.7 Å². The monoisotopic (exact) mass is 311 g/mol. The minimum absolute atomic E-state index is 0.217. The van der Waals surface area contributed by atoms with Gasteiger partial charge >= 0.3 is 0 Å². The number of hydrogen-bond acceptors (Lipinski definition) is 3. The lowest BCUT2D eigenvalue weighted by atomic mass is 9.98. The molecule has 0 bridgehead atoms. The molecule has 0 fully saturated rings. The van der Waals surface area contributed by atoms with E-state index < -0.39 is 6.10 Å². The molecule has 4 heteroatoms. The fourth-order valence-electron chi connectivity index (χ4n) is 3.06. The summed E-state index contributed by atoms with van der Waals surface area (Å²) in [4.78, 5) is 14.3. The number of nitrogens with zero attached hydrogens (tertiary/aromatic N) is 1. The van der Waals surface area contributed by atoms with Crippen molar-refractivity contribution in [2.45, 2.75) is 25.5 Å². The van der Waals surface area contributed by atoms with Crippen LogP contribution in [0.4, 0.5) is 0 Å². The lowest BCUT2D eigenvalue weighted by molar-refractivity contribution is -0.141. The van der Waals surface area contributed by atoms with Crippen molar-refractivity contribution in [2.24, 2.45) is 0 Å². The maximum absolute atomic E-state index is 12.5. The predicted octanol–water partition coefficient (Wildman–Crippen LogP) is 2.18. The molecule has 0 radical (unpaired) electrons. The first-order chi connectivity index (χ1) is 11.2. The lowest BCUT2D eigenvalue weighted by Gasteiger charge is -2.31. The normalized spacial score (nSPS) is 15.0. The molecule has 0 aliphatic carbocycles. The molecule has 1 aliphatic rings. The summed E-state index contributed by atoms with van der Waals surface area (Å²) in [5.41, 5.74) is 3.22. The number of methoxy groups -OCH3 is 1. The Morgan fingerprint density at radius 1 is 1.22 bits per heavy atom. The van der Waals surface area contributed by atoms with Gasteiger partial charge in [0.2, 0.25) is 0 Å². The Morgan fingerprint density at radius 2 is 2.00 bits per heavy atom. The van der Waals surface area contributed by atoms with E-state index in [1.54, 1.807) is 12.0 Å². The maximum Gasteiger partial charge on any atom is 0.252 e. The minimum atomic E-state index is -1.01. The number of aliphatic hydroxyl groups excluding tert-OH is 1. The van der Waals surface area contributed by atoms with Crippen LogP contribution in [0, 0.1) is 0 Å². The van der Waals surface area contributed by atoms with E-state index in [9.17, 15) is 9.90 Å². The van der Waals surface area contributed by atoms with Crippen LogP contribution in [-0.4, -0.2) is 35.7 Å². The van der Waals surface area contributed by atoms with Crippen molar-refractivity contribution < 1.29 is 14.6 Å². The fraction of sp³-hybridized carbons (Fsp3) is 0.316. The average Bonchev–Trinajstić information content (AvgIpc) is 2.60. The number of benzene rings is 2. The summed E-state index contributed by atoms with van der Waals surface area (Å²) >= 11 is 0. The van der Waals surface area contributed by atoms with E-state index in [1.165, 1.54) is 5.56 Å². The van der Waals surface area contributed by atoms with E-state index >= 15 is 0 Å². The van der Waals surface area contributed by atoms with Crippen LogP contribution in [0.2, 0.25) is 0 Å². The summed E-state index contributed by atoms with van der Waals surface area (Å²) < 4.78 is 5.40. The van der Waals surface area contributed by atoms with Crippen LogP contribution in [0.25, 0.3) is 0 Å². The van der Waals surface area contributed by atoms with Gasteiger partial charge in [0.15, 0.2) is 0 Å². The van der Waals surface area contributed by atoms with Crippen molar-refractivity contribution in [3.63, 3.8) is 0 Å². The summed E-state index contributed by atoms with van der Waals surface area (Å²) in [5, 5.41) is 10.3. The first-order valence-electron chi connectivity index (χ1n) is 7.84. The third-order valence-electron chi connectivity index (χ3n) is 4.32. The van der Waals surface area contributed by atoms with Crippen molar-refractivity contribution in [1.82, 2.24) is 4.90 Å². The number of hydrogen-bond donors (Lipinski definition) is 1. The lowest BCUT2D eigenvalue weighted by Crippen LogP contribution is -2.43. The molecule has 120 valence electrons. The molecule has 3 rings (SSSR count). The predicted molar refractivity (Wildman–Crippen MR) is 88.3 cm³/mol. The summed E-state index contributed by atoms with van der Waals surface area (Å²) in [6, 6.07) is 15.5. The Hall–Kier alpha value is -2.33.